The molecular weight excluding hydrogens is 856 g/mol. The first-order chi connectivity index (χ1) is 30.5. The number of carbonyl (C=O) groups excluding carboxylic acids is 4. The van der Waals surface area contributed by atoms with Gasteiger partial charge in [-0.15, -0.1) is 22.6 Å². The van der Waals surface area contributed by atoms with Gasteiger partial charge in [-0.2, -0.15) is 0 Å². The Bertz CT molecular complexity index is 2600. The van der Waals surface area contributed by atoms with Crippen LogP contribution in [0.2, 0.25) is 0 Å². The summed E-state index contributed by atoms with van der Waals surface area (Å²) in [7, 11) is 3.24. The second kappa shape index (κ2) is 20.1. The van der Waals surface area contributed by atoms with Gasteiger partial charge in [-0.25, -0.2) is 24.7 Å². The van der Waals surface area contributed by atoms with Crippen molar-refractivity contribution in [3.8, 4) is 11.5 Å². The molecule has 4 aromatic heterocycles. The largest absolute Gasteiger partial charge is 0.488 e. The van der Waals surface area contributed by atoms with Gasteiger partial charge in [-0.3, -0.25) is 34.4 Å². The van der Waals surface area contributed by atoms with Crippen molar-refractivity contribution in [3.05, 3.63) is 132 Å². The maximum absolute atomic E-state index is 12.8. The van der Waals surface area contributed by atoms with Crippen LogP contribution >= 0.6 is 12.4 Å². The molecule has 2 fully saturated rings. The number of nitrogens with two attached hydrogens (primary N) is 1. The molecule has 65 heavy (non-hydrogen) atoms. The number of fused-ring (bicyclic) bond motifs is 2. The minimum Gasteiger partial charge on any atom is -0.488 e. The molecule has 0 saturated heterocycles. The Morgan fingerprint density at radius 2 is 1.22 bits per heavy atom. The summed E-state index contributed by atoms with van der Waals surface area (Å²) in [5.41, 5.74) is 7.64. The maximum Gasteiger partial charge on any atom is 0.378 e. The number of anilines is 2. The first-order valence-electron chi connectivity index (χ1n) is 20.5. The number of hydrogen-bond donors (Lipinski definition) is 4. The molecule has 2 saturated carbocycles. The van der Waals surface area contributed by atoms with Gasteiger partial charge in [-0.05, 0) is 68.0 Å². The third kappa shape index (κ3) is 9.80. The molecule has 6 aromatic rings. The average molecular weight is 907 g/mol. The summed E-state index contributed by atoms with van der Waals surface area (Å²) in [6.07, 6.45) is 7.13. The first kappa shape index (κ1) is 47.2. The molecule has 0 radical (unpaired) electrons. The molecule has 19 nitrogen and oxygen atoms in total. The van der Waals surface area contributed by atoms with E-state index >= 15 is 0 Å². The number of amides is 3. The standard InChI is InChI=1S/C21H20N6O3.C14H15N3O2.C9H11N3O2.CH4.ClH/c1-27-17-15(8-5-11-22-17)30-12-14(19(27)29)23-18(28)16-24-20(26-25-16)21(9-10-21)13-6-3-2-4-7-13;1-2-19-12(18)11-15-13(17-16-11)14(8-9-14)10-6-4-3-5-7-10;1-12-8-7(3-2-4-11-8)14-5-6(10)9(12)13;;/h2-8,11,14H,9-10,12H2,1H3,(H,23,28)(H,24,25,26);3-7H,2,8-9H2,1H3,(H,15,16,17);2-4,6H,5,10H2,1H3;1H4;1H/t14-;;6-;;/m0.0../s1. The van der Waals surface area contributed by atoms with E-state index < -0.39 is 24.0 Å². The summed E-state index contributed by atoms with van der Waals surface area (Å²) in [6, 6.07) is 25.7. The molecule has 0 spiro atoms. The fraction of sp³-hybridized carbons (Fsp3) is 0.333. The minimum absolute atomic E-state index is 0. The van der Waals surface area contributed by atoms with Crippen LogP contribution in [-0.4, -0.2) is 110 Å². The highest BCUT2D eigenvalue weighted by molar-refractivity contribution is 6.02. The lowest BCUT2D eigenvalue weighted by Gasteiger charge is -2.19. The lowest BCUT2D eigenvalue weighted by Crippen LogP contribution is -2.49. The molecule has 2 aliphatic carbocycles. The van der Waals surface area contributed by atoms with Gasteiger partial charge in [0.05, 0.1) is 17.4 Å². The number of benzene rings is 2. The Morgan fingerprint density at radius 3 is 1.72 bits per heavy atom. The molecule has 0 bridgehead atoms. The maximum atomic E-state index is 12.8. The zero-order valence-corrected chi connectivity index (χ0v) is 36.1. The van der Waals surface area contributed by atoms with Crippen LogP contribution in [0.25, 0.3) is 0 Å². The van der Waals surface area contributed by atoms with E-state index in [-0.39, 0.29) is 67.3 Å². The monoisotopic (exact) mass is 906 g/mol. The average Bonchev–Trinajstić information content (AvgIpc) is 4.22. The zero-order valence-electron chi connectivity index (χ0n) is 35.3. The van der Waals surface area contributed by atoms with Crippen LogP contribution in [0.15, 0.2) is 97.3 Å². The number of nitrogens with zero attached hydrogens (tertiary/aromatic N) is 8. The fourth-order valence-corrected chi connectivity index (χ4v) is 7.44. The number of aromatic amines is 2. The Labute approximate surface area is 381 Å². The molecule has 340 valence electrons. The third-order valence-corrected chi connectivity index (χ3v) is 11.2. The molecular formula is C45H51ClN12O7. The number of halogens is 1. The third-order valence-electron chi connectivity index (χ3n) is 11.2. The highest BCUT2D eigenvalue weighted by atomic mass is 35.5. The normalized spacial score (nSPS) is 18.2. The zero-order chi connectivity index (χ0) is 44.1. The molecule has 4 aliphatic rings. The van der Waals surface area contributed by atoms with Crippen LogP contribution in [-0.2, 0) is 25.2 Å². The number of rotatable bonds is 8. The van der Waals surface area contributed by atoms with Gasteiger partial charge in [0.1, 0.15) is 36.9 Å². The smallest absolute Gasteiger partial charge is 0.378 e. The quantitative estimate of drug-likeness (QED) is 0.155. The SMILES string of the molecule is C.CCOC(=O)c1n[nH]c(C2(c3ccccc3)CC2)n1.CN1C(=O)[C@@H](N)COc2cccnc21.CN1C(=O)[C@@H](NC(=O)c2n[nH]c(C3(c4ccccc4)CC3)n2)COc2cccnc21.Cl. The van der Waals surface area contributed by atoms with E-state index in [1.807, 2.05) is 36.4 Å². The fourth-order valence-electron chi connectivity index (χ4n) is 7.44. The van der Waals surface area contributed by atoms with Gasteiger partial charge in [-0.1, -0.05) is 68.1 Å². The molecule has 2 aliphatic heterocycles. The van der Waals surface area contributed by atoms with E-state index in [0.717, 1.165) is 37.1 Å². The molecule has 2 atom stereocenters. The first-order valence-corrected chi connectivity index (χ1v) is 20.5. The summed E-state index contributed by atoms with van der Waals surface area (Å²) in [5, 5.41) is 16.5. The highest BCUT2D eigenvalue weighted by Crippen LogP contribution is 2.52. The van der Waals surface area contributed by atoms with Gasteiger partial charge < -0.3 is 25.3 Å². The second-order valence-electron chi connectivity index (χ2n) is 15.3. The summed E-state index contributed by atoms with van der Waals surface area (Å²) >= 11 is 0. The Morgan fingerprint density at radius 1 is 0.738 bits per heavy atom. The number of hydrogen-bond acceptors (Lipinski definition) is 14. The van der Waals surface area contributed by atoms with Crippen molar-refractivity contribution in [2.45, 2.75) is 62.9 Å². The van der Waals surface area contributed by atoms with Crippen LogP contribution in [0, 0.1) is 0 Å². The van der Waals surface area contributed by atoms with Crippen molar-refractivity contribution in [2.75, 3.05) is 43.7 Å². The number of aromatic nitrogens is 8. The van der Waals surface area contributed by atoms with Crippen LogP contribution in [0.4, 0.5) is 11.6 Å². The topological polar surface area (TPSA) is 249 Å². The van der Waals surface area contributed by atoms with Gasteiger partial charge in [0.2, 0.25) is 11.7 Å². The Balaban J connectivity index is 0.000000172. The van der Waals surface area contributed by atoms with Crippen LogP contribution in [0.5, 0.6) is 11.5 Å². The summed E-state index contributed by atoms with van der Waals surface area (Å²) in [5.74, 6) is 2.04. The van der Waals surface area contributed by atoms with Crippen LogP contribution < -0.4 is 30.3 Å². The summed E-state index contributed by atoms with van der Waals surface area (Å²) < 4.78 is 15.9. The number of likely N-dealkylation sites (N-methyl/N-ethyl adjacent to an activating group) is 2. The van der Waals surface area contributed by atoms with Crippen molar-refractivity contribution in [3.63, 3.8) is 0 Å². The predicted molar refractivity (Wildman–Crippen MR) is 241 cm³/mol. The number of pyridine rings is 2. The number of carbonyl (C=O) groups is 4. The summed E-state index contributed by atoms with van der Waals surface area (Å²) in [6.45, 7) is 2.28. The van der Waals surface area contributed by atoms with Gasteiger partial charge >= 0.3 is 5.97 Å². The van der Waals surface area contributed by atoms with Gasteiger partial charge in [0, 0.05) is 26.5 Å². The Hall–Kier alpha value is -7.25. The van der Waals surface area contributed by atoms with Crippen molar-refractivity contribution < 1.29 is 33.4 Å². The van der Waals surface area contributed by atoms with Crippen LogP contribution in [0.1, 0.15) is 84.0 Å². The summed E-state index contributed by atoms with van der Waals surface area (Å²) in [4.78, 5) is 68.5. The molecule has 6 heterocycles. The Kier molecular flexibility index (Phi) is 14.6. The minimum atomic E-state index is -0.873. The predicted octanol–water partition coefficient (Wildman–Crippen LogP) is 4.32. The number of ether oxygens (including phenoxy) is 3. The van der Waals surface area contributed by atoms with E-state index in [9.17, 15) is 19.2 Å². The molecule has 5 N–H and O–H groups in total. The van der Waals surface area contributed by atoms with E-state index in [0.29, 0.717) is 35.6 Å². The molecule has 20 heteroatoms. The van der Waals surface area contributed by atoms with E-state index in [2.05, 4.69) is 69.9 Å². The van der Waals surface area contributed by atoms with E-state index in [1.165, 1.54) is 15.4 Å². The number of H-pyrrole nitrogens is 2. The number of esters is 1. The lowest BCUT2D eigenvalue weighted by atomic mass is 9.95. The molecule has 3 amide bonds. The highest BCUT2D eigenvalue weighted by Gasteiger charge is 2.50. The van der Waals surface area contributed by atoms with Crippen LogP contribution in [0.3, 0.4) is 0 Å². The molecule has 2 aromatic carbocycles. The van der Waals surface area contributed by atoms with Crippen molar-refractivity contribution in [1.82, 2.24) is 45.6 Å². The second-order valence-corrected chi connectivity index (χ2v) is 15.3. The molecule has 10 rings (SSSR count). The van der Waals surface area contributed by atoms with Crippen molar-refractivity contribution in [2.24, 2.45) is 5.73 Å². The van der Waals surface area contributed by atoms with Crippen molar-refractivity contribution in [1.29, 1.82) is 0 Å². The number of nitrogens with one attached hydrogen (secondary N) is 3. The van der Waals surface area contributed by atoms with Crippen molar-refractivity contribution >= 4 is 47.7 Å². The van der Waals surface area contributed by atoms with Gasteiger partial charge in [0.15, 0.2) is 23.1 Å². The molecule has 0 unspecified atom stereocenters. The van der Waals surface area contributed by atoms with E-state index in [1.54, 1.807) is 57.7 Å². The lowest BCUT2D eigenvalue weighted by molar-refractivity contribution is -0.121. The van der Waals surface area contributed by atoms with E-state index in [4.69, 9.17) is 19.9 Å². The van der Waals surface area contributed by atoms with Gasteiger partial charge in [0.25, 0.3) is 17.6 Å².